The third-order valence-corrected chi connectivity index (χ3v) is 5.28. The predicted molar refractivity (Wildman–Crippen MR) is 98.7 cm³/mol. The monoisotopic (exact) mass is 356 g/mol. The second kappa shape index (κ2) is 7.35. The average molecular weight is 356 g/mol. The van der Waals surface area contributed by atoms with Crippen LogP contribution in [-0.2, 0) is 11.3 Å². The minimum atomic E-state index is -0.00135. The lowest BCUT2D eigenvalue weighted by Crippen LogP contribution is -2.48. The number of para-hydroxylation sites is 1. The Hall–Kier alpha value is -2.22. The van der Waals surface area contributed by atoms with Crippen molar-refractivity contribution in [3.8, 4) is 0 Å². The van der Waals surface area contributed by atoms with Gasteiger partial charge in [0.1, 0.15) is 5.76 Å². The van der Waals surface area contributed by atoms with Gasteiger partial charge in [0.2, 0.25) is 5.91 Å². The van der Waals surface area contributed by atoms with Crippen LogP contribution in [0.2, 0.25) is 0 Å². The molecule has 3 aromatic rings. The number of aromatic nitrogens is 1. The van der Waals surface area contributed by atoms with Gasteiger partial charge in [-0.15, -0.1) is 0 Å². The van der Waals surface area contributed by atoms with E-state index in [0.29, 0.717) is 11.7 Å². The average Bonchev–Trinajstić information content (AvgIpc) is 3.25. The van der Waals surface area contributed by atoms with E-state index < -0.39 is 0 Å². The topological polar surface area (TPSA) is 61.6 Å². The molecule has 0 saturated carbocycles. The zero-order valence-electron chi connectivity index (χ0n) is 13.9. The Bertz CT molecular complexity index is 805. The number of thiazole rings is 1. The first kappa shape index (κ1) is 16.3. The molecule has 130 valence electrons. The van der Waals surface area contributed by atoms with E-state index in [1.54, 1.807) is 6.26 Å². The van der Waals surface area contributed by atoms with Crippen molar-refractivity contribution in [2.24, 2.45) is 0 Å². The van der Waals surface area contributed by atoms with Crippen molar-refractivity contribution in [3.63, 3.8) is 0 Å². The van der Waals surface area contributed by atoms with Crippen molar-refractivity contribution in [1.29, 1.82) is 0 Å². The molecule has 0 aliphatic carbocycles. The highest BCUT2D eigenvalue weighted by molar-refractivity contribution is 7.22. The third-order valence-electron chi connectivity index (χ3n) is 4.33. The molecule has 1 aromatic carbocycles. The van der Waals surface area contributed by atoms with Crippen molar-refractivity contribution < 1.29 is 9.21 Å². The van der Waals surface area contributed by atoms with E-state index in [9.17, 15) is 4.79 Å². The van der Waals surface area contributed by atoms with E-state index in [-0.39, 0.29) is 5.91 Å². The first-order chi connectivity index (χ1) is 12.3. The van der Waals surface area contributed by atoms with Gasteiger partial charge in [-0.1, -0.05) is 23.5 Å². The molecule has 1 saturated heterocycles. The molecule has 1 aliphatic heterocycles. The van der Waals surface area contributed by atoms with Gasteiger partial charge < -0.3 is 9.73 Å². The summed E-state index contributed by atoms with van der Waals surface area (Å²) in [5.41, 5.74) is 0.925. The van der Waals surface area contributed by atoms with Crippen LogP contribution >= 0.6 is 11.3 Å². The first-order valence-corrected chi connectivity index (χ1v) is 9.20. The maximum atomic E-state index is 12.3. The van der Waals surface area contributed by atoms with Crippen LogP contribution in [0.5, 0.6) is 0 Å². The minimum Gasteiger partial charge on any atom is -0.468 e. The molecule has 0 spiro atoms. The number of nitrogens with zero attached hydrogens (tertiary/aromatic N) is 3. The van der Waals surface area contributed by atoms with Crippen LogP contribution in [0.15, 0.2) is 47.1 Å². The Morgan fingerprint density at radius 3 is 2.68 bits per heavy atom. The lowest BCUT2D eigenvalue weighted by atomic mass is 10.3. The number of carbonyl (C=O) groups excluding carboxylic acids is 1. The van der Waals surface area contributed by atoms with Crippen molar-refractivity contribution in [2.75, 3.05) is 38.0 Å². The number of piperazine rings is 1. The second-order valence-electron chi connectivity index (χ2n) is 6.17. The van der Waals surface area contributed by atoms with Gasteiger partial charge in [-0.2, -0.15) is 0 Å². The van der Waals surface area contributed by atoms with Gasteiger partial charge in [-0.05, 0) is 24.3 Å². The maximum absolute atomic E-state index is 12.3. The Labute approximate surface area is 150 Å². The summed E-state index contributed by atoms with van der Waals surface area (Å²) in [6, 6.07) is 11.8. The normalized spacial score (nSPS) is 16.3. The highest BCUT2D eigenvalue weighted by atomic mass is 32.1. The van der Waals surface area contributed by atoms with Crippen molar-refractivity contribution in [2.45, 2.75) is 6.54 Å². The summed E-state index contributed by atoms with van der Waals surface area (Å²) in [5.74, 6) is 0.987. The Kier molecular flexibility index (Phi) is 4.78. The van der Waals surface area contributed by atoms with Crippen LogP contribution in [-0.4, -0.2) is 53.4 Å². The number of furan rings is 1. The van der Waals surface area contributed by atoms with E-state index in [2.05, 4.69) is 20.1 Å². The third kappa shape index (κ3) is 4.07. The van der Waals surface area contributed by atoms with E-state index in [0.717, 1.165) is 48.7 Å². The molecule has 1 fully saturated rings. The van der Waals surface area contributed by atoms with Gasteiger partial charge in [-0.25, -0.2) is 4.98 Å². The zero-order valence-corrected chi connectivity index (χ0v) is 14.7. The number of hydrogen-bond acceptors (Lipinski definition) is 6. The summed E-state index contributed by atoms with van der Waals surface area (Å²) in [4.78, 5) is 21.3. The number of carbonyl (C=O) groups is 1. The predicted octanol–water partition coefficient (Wildman–Crippen LogP) is 2.65. The molecular weight excluding hydrogens is 336 g/mol. The van der Waals surface area contributed by atoms with E-state index in [1.165, 1.54) is 11.3 Å². The number of fused-ring (bicyclic) bond motifs is 1. The number of amides is 1. The number of hydrogen-bond donors (Lipinski definition) is 1. The molecule has 1 N–H and O–H groups in total. The second-order valence-corrected chi connectivity index (χ2v) is 7.20. The molecule has 0 bridgehead atoms. The van der Waals surface area contributed by atoms with Gasteiger partial charge in [-0.3, -0.25) is 14.6 Å². The fourth-order valence-corrected chi connectivity index (χ4v) is 3.90. The molecule has 7 heteroatoms. The summed E-state index contributed by atoms with van der Waals surface area (Å²) in [5, 5.41) is 3.59. The molecule has 4 rings (SSSR count). The molecule has 6 nitrogen and oxygen atoms in total. The largest absolute Gasteiger partial charge is 0.468 e. The number of rotatable bonds is 5. The van der Waals surface area contributed by atoms with Gasteiger partial charge >= 0.3 is 0 Å². The number of nitrogens with one attached hydrogen (secondary N) is 1. The van der Waals surface area contributed by atoms with E-state index in [1.807, 2.05) is 36.4 Å². The molecule has 2 aromatic heterocycles. The molecule has 25 heavy (non-hydrogen) atoms. The zero-order chi connectivity index (χ0) is 17.1. The highest BCUT2D eigenvalue weighted by Crippen LogP contribution is 2.25. The lowest BCUT2D eigenvalue weighted by Gasteiger charge is -2.33. The minimum absolute atomic E-state index is 0.00135. The van der Waals surface area contributed by atoms with Crippen LogP contribution in [0.3, 0.4) is 0 Å². The maximum Gasteiger partial charge on any atom is 0.240 e. The summed E-state index contributed by atoms with van der Waals surface area (Å²) in [6.45, 7) is 4.88. The molecule has 3 heterocycles. The number of anilines is 1. The van der Waals surface area contributed by atoms with Crippen molar-refractivity contribution >= 4 is 32.6 Å². The molecule has 1 amide bonds. The molecule has 1 aliphatic rings. The quantitative estimate of drug-likeness (QED) is 0.761. The summed E-state index contributed by atoms with van der Waals surface area (Å²) in [7, 11) is 0. The lowest BCUT2D eigenvalue weighted by molar-refractivity contribution is -0.117. The fourth-order valence-electron chi connectivity index (χ4n) is 3.02. The smallest absolute Gasteiger partial charge is 0.240 e. The summed E-state index contributed by atoms with van der Waals surface area (Å²) >= 11 is 1.51. The van der Waals surface area contributed by atoms with E-state index in [4.69, 9.17) is 4.42 Å². The first-order valence-electron chi connectivity index (χ1n) is 8.39. The summed E-state index contributed by atoms with van der Waals surface area (Å²) < 4.78 is 6.48. The Morgan fingerprint density at radius 1 is 1.12 bits per heavy atom. The molecule has 0 radical (unpaired) electrons. The van der Waals surface area contributed by atoms with Crippen LogP contribution < -0.4 is 5.32 Å². The van der Waals surface area contributed by atoms with Crippen LogP contribution in [0.25, 0.3) is 10.2 Å². The van der Waals surface area contributed by atoms with E-state index >= 15 is 0 Å². The fraction of sp³-hybridized carbons (Fsp3) is 0.333. The Morgan fingerprint density at radius 2 is 1.92 bits per heavy atom. The van der Waals surface area contributed by atoms with Crippen LogP contribution in [0.4, 0.5) is 5.13 Å². The van der Waals surface area contributed by atoms with Crippen LogP contribution in [0.1, 0.15) is 5.76 Å². The van der Waals surface area contributed by atoms with Crippen molar-refractivity contribution in [3.05, 3.63) is 48.4 Å². The highest BCUT2D eigenvalue weighted by Gasteiger charge is 2.20. The number of benzene rings is 1. The van der Waals surface area contributed by atoms with Crippen LogP contribution in [0, 0.1) is 0 Å². The molecule has 0 unspecified atom stereocenters. The SMILES string of the molecule is O=C(CN1CCN(Cc2ccco2)CC1)Nc1nc2ccccc2s1. The summed E-state index contributed by atoms with van der Waals surface area (Å²) in [6.07, 6.45) is 1.71. The van der Waals surface area contributed by atoms with Gasteiger partial charge in [0.05, 0.1) is 29.6 Å². The molecular formula is C18H20N4O2S. The van der Waals surface area contributed by atoms with Gasteiger partial charge in [0.15, 0.2) is 5.13 Å². The van der Waals surface area contributed by atoms with Gasteiger partial charge in [0.25, 0.3) is 0 Å². The van der Waals surface area contributed by atoms with Gasteiger partial charge in [0, 0.05) is 26.2 Å². The van der Waals surface area contributed by atoms with Crippen molar-refractivity contribution in [1.82, 2.24) is 14.8 Å². The standard InChI is InChI=1S/C18H20N4O2S/c23-17(20-18-19-15-5-1-2-6-16(15)25-18)13-22-9-7-21(8-10-22)12-14-4-3-11-24-14/h1-6,11H,7-10,12-13H2,(H,19,20,23). The molecule has 0 atom stereocenters. The Balaban J connectivity index is 1.26.